The molecule has 0 N–H and O–H groups in total. The Morgan fingerprint density at radius 1 is 1.10 bits per heavy atom. The van der Waals surface area contributed by atoms with Crippen LogP contribution in [-0.2, 0) is 14.3 Å². The molecule has 1 aliphatic carbocycles. The Balaban J connectivity index is 2.05. The molecule has 0 saturated heterocycles. The summed E-state index contributed by atoms with van der Waals surface area (Å²) in [6.07, 6.45) is 3.63. The van der Waals surface area contributed by atoms with Crippen molar-refractivity contribution in [3.05, 3.63) is 52.8 Å². The van der Waals surface area contributed by atoms with Crippen LogP contribution in [0.2, 0.25) is 0 Å². The van der Waals surface area contributed by atoms with Crippen LogP contribution >= 0.6 is 0 Å². The van der Waals surface area contributed by atoms with Crippen molar-refractivity contribution in [2.45, 2.75) is 25.7 Å². The normalized spacial score (nSPS) is 20.8. The third-order valence-electron chi connectivity index (χ3n) is 3.70. The van der Waals surface area contributed by atoms with E-state index in [1.807, 2.05) is 42.3 Å². The summed E-state index contributed by atoms with van der Waals surface area (Å²) in [5.74, 6) is 0.622. The maximum Gasteiger partial charge on any atom is 0.334 e. The highest BCUT2D eigenvalue weighted by molar-refractivity contribution is 7.89. The Kier molecular flexibility index (Phi) is 3.30. The van der Waals surface area contributed by atoms with Crippen molar-refractivity contribution in [3.8, 4) is 0 Å². The largest absolute Gasteiger partial charge is 0.383 e. The van der Waals surface area contributed by atoms with Crippen molar-refractivity contribution in [2.75, 3.05) is 11.9 Å². The van der Waals surface area contributed by atoms with Gasteiger partial charge in [-0.3, -0.25) is 0 Å². The molecule has 0 atom stereocenters. The first kappa shape index (κ1) is 13.2. The molecule has 5 heteroatoms. The van der Waals surface area contributed by atoms with E-state index in [9.17, 15) is 8.42 Å². The Bertz CT molecular complexity index is 674. The molecule has 0 aromatic heterocycles. The highest BCUT2D eigenvalue weighted by atomic mass is 32.2. The number of likely N-dealkylation sites (N-methyl/N-ethyl adjacent to an activating group) is 1. The number of anilines is 1. The molecule has 0 amide bonds. The van der Waals surface area contributed by atoms with Crippen LogP contribution < -0.4 is 4.90 Å². The number of hydrogen-bond acceptors (Lipinski definition) is 4. The molecule has 1 aromatic carbocycles. The number of nitrogens with zero attached hydrogens (tertiary/aromatic N) is 1. The van der Waals surface area contributed by atoms with Gasteiger partial charge in [0, 0.05) is 24.7 Å². The second-order valence-corrected chi connectivity index (χ2v) is 6.47. The summed E-state index contributed by atoms with van der Waals surface area (Å²) in [4.78, 5) is 1.92. The van der Waals surface area contributed by atoms with E-state index in [1.165, 1.54) is 5.41 Å². The first-order valence-electron chi connectivity index (χ1n) is 6.74. The van der Waals surface area contributed by atoms with Crippen LogP contribution in [0.1, 0.15) is 25.7 Å². The lowest BCUT2D eigenvalue weighted by atomic mass is 9.95. The average molecular weight is 291 g/mol. The fourth-order valence-corrected chi connectivity index (χ4v) is 3.77. The number of allylic oxidation sites excluding steroid dienone is 2. The van der Waals surface area contributed by atoms with Crippen molar-refractivity contribution in [1.82, 2.24) is 0 Å². The maximum absolute atomic E-state index is 11.9. The van der Waals surface area contributed by atoms with Crippen LogP contribution in [0.4, 0.5) is 5.69 Å². The molecule has 0 unspecified atom stereocenters. The Labute approximate surface area is 119 Å². The lowest BCUT2D eigenvalue weighted by molar-refractivity contribution is 0.371. The predicted molar refractivity (Wildman–Crippen MR) is 78.4 cm³/mol. The highest BCUT2D eigenvalue weighted by Gasteiger charge is 2.30. The summed E-state index contributed by atoms with van der Waals surface area (Å²) < 4.78 is 28.9. The first-order chi connectivity index (χ1) is 9.57. The minimum absolute atomic E-state index is 0.622. The van der Waals surface area contributed by atoms with Gasteiger partial charge in [-0.15, -0.1) is 0 Å². The van der Waals surface area contributed by atoms with E-state index in [1.54, 1.807) is 0 Å². The lowest BCUT2D eigenvalue weighted by Crippen LogP contribution is -2.25. The van der Waals surface area contributed by atoms with Gasteiger partial charge in [-0.25, -0.2) is 0 Å². The summed E-state index contributed by atoms with van der Waals surface area (Å²) in [6.45, 7) is 0. The van der Waals surface area contributed by atoms with Gasteiger partial charge in [0.05, 0.1) is 11.1 Å². The lowest BCUT2D eigenvalue weighted by Gasteiger charge is -2.31. The molecule has 1 aromatic rings. The molecule has 0 spiro atoms. The van der Waals surface area contributed by atoms with Gasteiger partial charge >= 0.3 is 10.1 Å². The SMILES string of the molecule is CN(C1=CS(=O)(=O)OC2=C1CCCC2)c1ccccc1. The van der Waals surface area contributed by atoms with Gasteiger partial charge in [0.1, 0.15) is 5.76 Å². The topological polar surface area (TPSA) is 46.6 Å². The molecular formula is C15H17NO3S. The van der Waals surface area contributed by atoms with Crippen LogP contribution in [0.25, 0.3) is 0 Å². The van der Waals surface area contributed by atoms with Gasteiger partial charge in [-0.1, -0.05) is 18.2 Å². The van der Waals surface area contributed by atoms with Crippen molar-refractivity contribution in [1.29, 1.82) is 0 Å². The molecule has 2 aliphatic rings. The van der Waals surface area contributed by atoms with Gasteiger partial charge in [0.2, 0.25) is 0 Å². The second-order valence-electron chi connectivity index (χ2n) is 5.08. The minimum Gasteiger partial charge on any atom is -0.383 e. The third kappa shape index (κ3) is 2.45. The van der Waals surface area contributed by atoms with Gasteiger partial charge in [0.15, 0.2) is 0 Å². The molecule has 0 fully saturated rings. The minimum atomic E-state index is -3.62. The number of para-hydroxylation sites is 1. The van der Waals surface area contributed by atoms with E-state index >= 15 is 0 Å². The Morgan fingerprint density at radius 2 is 1.80 bits per heavy atom. The summed E-state index contributed by atoms with van der Waals surface area (Å²) >= 11 is 0. The molecule has 0 radical (unpaired) electrons. The quantitative estimate of drug-likeness (QED) is 0.785. The fourth-order valence-electron chi connectivity index (χ4n) is 2.68. The zero-order valence-corrected chi connectivity index (χ0v) is 12.2. The maximum atomic E-state index is 11.9. The Morgan fingerprint density at radius 3 is 2.55 bits per heavy atom. The van der Waals surface area contributed by atoms with Crippen molar-refractivity contribution >= 4 is 15.8 Å². The predicted octanol–water partition coefficient (Wildman–Crippen LogP) is 3.15. The molecule has 4 nitrogen and oxygen atoms in total. The molecule has 0 saturated carbocycles. The fraction of sp³-hybridized carbons (Fsp3) is 0.333. The summed E-state index contributed by atoms with van der Waals surface area (Å²) in [5, 5.41) is 1.24. The van der Waals surface area contributed by atoms with Crippen LogP contribution in [0.3, 0.4) is 0 Å². The summed E-state index contributed by atoms with van der Waals surface area (Å²) in [7, 11) is -1.73. The average Bonchev–Trinajstić information content (AvgIpc) is 2.45. The molecule has 106 valence electrons. The summed E-state index contributed by atoms with van der Waals surface area (Å²) in [5.41, 5.74) is 2.72. The standard InChI is InChI=1S/C15H17NO3S/c1-16(12-7-3-2-4-8-12)14-11-20(17,18)19-15-10-6-5-9-13(14)15/h2-4,7-8,11H,5-6,9-10H2,1H3. The smallest absolute Gasteiger partial charge is 0.334 e. The van der Waals surface area contributed by atoms with E-state index in [-0.39, 0.29) is 0 Å². The molecule has 20 heavy (non-hydrogen) atoms. The highest BCUT2D eigenvalue weighted by Crippen LogP contribution is 2.37. The van der Waals surface area contributed by atoms with E-state index in [2.05, 4.69) is 0 Å². The Hall–Kier alpha value is -1.75. The van der Waals surface area contributed by atoms with Crippen molar-refractivity contribution in [3.63, 3.8) is 0 Å². The third-order valence-corrected chi connectivity index (χ3v) is 4.65. The first-order valence-corrected chi connectivity index (χ1v) is 8.21. The van der Waals surface area contributed by atoms with E-state index in [0.717, 1.165) is 36.2 Å². The molecule has 0 bridgehead atoms. The van der Waals surface area contributed by atoms with Crippen LogP contribution in [-0.4, -0.2) is 15.5 Å². The van der Waals surface area contributed by atoms with Gasteiger partial charge < -0.3 is 9.08 Å². The van der Waals surface area contributed by atoms with Crippen LogP contribution in [0.15, 0.2) is 52.8 Å². The zero-order valence-electron chi connectivity index (χ0n) is 11.4. The molecule has 3 rings (SSSR count). The molecular weight excluding hydrogens is 274 g/mol. The molecule has 1 heterocycles. The second kappa shape index (κ2) is 4.98. The van der Waals surface area contributed by atoms with Crippen LogP contribution in [0, 0.1) is 0 Å². The van der Waals surface area contributed by atoms with E-state index in [0.29, 0.717) is 12.2 Å². The van der Waals surface area contributed by atoms with Gasteiger partial charge in [-0.2, -0.15) is 8.42 Å². The zero-order chi connectivity index (χ0) is 14.2. The van der Waals surface area contributed by atoms with E-state index in [4.69, 9.17) is 4.18 Å². The van der Waals surface area contributed by atoms with Crippen molar-refractivity contribution < 1.29 is 12.6 Å². The summed E-state index contributed by atoms with van der Waals surface area (Å²) in [6, 6.07) is 9.75. The molecule has 1 aliphatic heterocycles. The van der Waals surface area contributed by atoms with E-state index < -0.39 is 10.1 Å². The number of rotatable bonds is 2. The van der Waals surface area contributed by atoms with Crippen molar-refractivity contribution in [2.24, 2.45) is 0 Å². The van der Waals surface area contributed by atoms with Gasteiger partial charge in [-0.05, 0) is 31.4 Å². The van der Waals surface area contributed by atoms with Crippen LogP contribution in [0.5, 0.6) is 0 Å². The number of benzene rings is 1. The monoisotopic (exact) mass is 291 g/mol. The van der Waals surface area contributed by atoms with Gasteiger partial charge in [0.25, 0.3) is 0 Å². The number of hydrogen-bond donors (Lipinski definition) is 0.